The highest BCUT2D eigenvalue weighted by Gasteiger charge is 2.32. The Morgan fingerprint density at radius 1 is 1.19 bits per heavy atom. The van der Waals surface area contributed by atoms with Crippen molar-refractivity contribution in [2.24, 2.45) is 4.99 Å². The van der Waals surface area contributed by atoms with E-state index in [2.05, 4.69) is 25.9 Å². The quantitative estimate of drug-likeness (QED) is 0.748. The summed E-state index contributed by atoms with van der Waals surface area (Å²) in [5.74, 6) is 0.341. The topological polar surface area (TPSA) is 67.1 Å². The number of aliphatic imine (C=N–C) groups is 1. The van der Waals surface area contributed by atoms with Gasteiger partial charge in [-0.15, -0.1) is 10.2 Å². The number of alkyl halides is 3. The van der Waals surface area contributed by atoms with E-state index >= 15 is 0 Å². The number of hydrogen-bond donors (Lipinski definition) is 2. The summed E-state index contributed by atoms with van der Waals surface area (Å²) >= 11 is 2.87. The molecule has 0 saturated carbocycles. The maximum absolute atomic E-state index is 13.2. The molecule has 0 radical (unpaired) electrons. The van der Waals surface area contributed by atoms with Gasteiger partial charge >= 0.3 is 6.18 Å². The first-order chi connectivity index (χ1) is 12.8. The Bertz CT molecular complexity index is 964. The van der Waals surface area contributed by atoms with Crippen molar-refractivity contribution in [2.45, 2.75) is 18.3 Å². The van der Waals surface area contributed by atoms with Gasteiger partial charge in [-0.05, 0) is 48.7 Å². The van der Waals surface area contributed by atoms with Gasteiger partial charge in [0.05, 0.1) is 12.1 Å². The largest absolute Gasteiger partial charge is 0.416 e. The van der Waals surface area contributed by atoms with Gasteiger partial charge in [-0.1, -0.05) is 11.8 Å². The molecule has 6 nitrogen and oxygen atoms in total. The van der Waals surface area contributed by atoms with Crippen molar-refractivity contribution in [1.29, 1.82) is 0 Å². The number of rotatable bonds is 1. The Kier molecular flexibility index (Phi) is 4.58. The van der Waals surface area contributed by atoms with E-state index in [1.54, 1.807) is 17.7 Å². The molecular weight excluding hydrogens is 397 g/mol. The minimum Gasteiger partial charge on any atom is -0.361 e. The van der Waals surface area contributed by atoms with Gasteiger partial charge in [0.1, 0.15) is 5.03 Å². The van der Waals surface area contributed by atoms with Gasteiger partial charge in [0, 0.05) is 17.7 Å². The van der Waals surface area contributed by atoms with Crippen LogP contribution in [0.15, 0.2) is 39.0 Å². The van der Waals surface area contributed by atoms with E-state index in [0.717, 1.165) is 27.9 Å². The second-order valence-corrected chi connectivity index (χ2v) is 7.80. The van der Waals surface area contributed by atoms with Crippen molar-refractivity contribution in [3.05, 3.63) is 39.9 Å². The van der Waals surface area contributed by atoms with Crippen molar-refractivity contribution < 1.29 is 13.2 Å². The summed E-state index contributed by atoms with van der Waals surface area (Å²) in [6.45, 7) is 2.78. The van der Waals surface area contributed by atoms with Crippen molar-refractivity contribution in [2.75, 3.05) is 24.8 Å². The van der Waals surface area contributed by atoms with Gasteiger partial charge in [-0.25, -0.2) is 9.67 Å². The number of aryl methyl sites for hydroxylation is 1. The molecule has 0 amide bonds. The minimum atomic E-state index is -4.42. The Hall–Kier alpha value is -2.14. The van der Waals surface area contributed by atoms with Crippen molar-refractivity contribution in [3.63, 3.8) is 0 Å². The Morgan fingerprint density at radius 3 is 2.74 bits per heavy atom. The van der Waals surface area contributed by atoms with Crippen LogP contribution >= 0.6 is 23.5 Å². The van der Waals surface area contributed by atoms with Gasteiger partial charge in [-0.2, -0.15) is 13.2 Å². The summed E-state index contributed by atoms with van der Waals surface area (Å²) in [5, 5.41) is 13.7. The lowest BCUT2D eigenvalue weighted by atomic mass is 10.1. The fourth-order valence-electron chi connectivity index (χ4n) is 2.82. The molecule has 0 bridgehead atoms. The molecule has 2 aliphatic heterocycles. The molecule has 11 heteroatoms. The first-order valence-electron chi connectivity index (χ1n) is 8.00. The predicted molar refractivity (Wildman–Crippen MR) is 101 cm³/mol. The molecule has 2 N–H and O–H groups in total. The summed E-state index contributed by atoms with van der Waals surface area (Å²) in [6, 6.07) is 3.89. The monoisotopic (exact) mass is 412 g/mol. The van der Waals surface area contributed by atoms with Gasteiger partial charge in [0.2, 0.25) is 5.16 Å². The molecule has 0 fully saturated rings. The molecule has 1 aromatic heterocycles. The summed E-state index contributed by atoms with van der Waals surface area (Å²) in [5.41, 5.74) is 4.43. The van der Waals surface area contributed by atoms with Gasteiger partial charge in [0.25, 0.3) is 0 Å². The van der Waals surface area contributed by atoms with Crippen molar-refractivity contribution in [1.82, 2.24) is 20.2 Å². The highest BCUT2D eigenvalue weighted by molar-refractivity contribution is 8.13. The Balaban J connectivity index is 1.72. The molecule has 2 aliphatic rings. The number of halogens is 3. The summed E-state index contributed by atoms with van der Waals surface area (Å²) in [4.78, 5) is 4.56. The molecule has 27 heavy (non-hydrogen) atoms. The summed E-state index contributed by atoms with van der Waals surface area (Å²) in [6.07, 6.45) is -2.48. The summed E-state index contributed by atoms with van der Waals surface area (Å²) in [7, 11) is 0. The third kappa shape index (κ3) is 3.53. The number of amidine groups is 1. The molecule has 142 valence electrons. The normalized spacial score (nSPS) is 16.7. The number of aromatic nitrogens is 3. The number of hydrogen-bond acceptors (Lipinski definition) is 7. The fourth-order valence-corrected chi connectivity index (χ4v) is 4.20. The molecular formula is C16H15F3N6S2. The van der Waals surface area contributed by atoms with E-state index in [1.165, 1.54) is 23.5 Å². The highest BCUT2D eigenvalue weighted by atomic mass is 32.2. The van der Waals surface area contributed by atoms with Crippen LogP contribution in [-0.2, 0) is 6.18 Å². The molecule has 0 atom stereocenters. The number of nitrogens with zero attached hydrogens (tertiary/aromatic N) is 4. The van der Waals surface area contributed by atoms with Crippen LogP contribution in [0.3, 0.4) is 0 Å². The zero-order valence-electron chi connectivity index (χ0n) is 14.4. The standard InChI is InChI=1S/C16H15F3N6S2/c1-8-3-9(5-11(4-8)16(17,18)19)12-23-24-15-25(12)21-7-10-6-20-14(26-2)22-13(10)27-15/h3-5,21H,6-7H2,1-2H3,(H,20,22). The Morgan fingerprint density at radius 2 is 2.00 bits per heavy atom. The fraction of sp³-hybridized carbons (Fsp3) is 0.312. The van der Waals surface area contributed by atoms with Crippen LogP contribution in [0.25, 0.3) is 11.4 Å². The van der Waals surface area contributed by atoms with Crippen LogP contribution in [0.4, 0.5) is 13.2 Å². The van der Waals surface area contributed by atoms with E-state index in [9.17, 15) is 13.2 Å². The minimum absolute atomic E-state index is 0.341. The van der Waals surface area contributed by atoms with E-state index in [-0.39, 0.29) is 0 Å². The van der Waals surface area contributed by atoms with E-state index in [4.69, 9.17) is 0 Å². The van der Waals surface area contributed by atoms with Crippen LogP contribution in [0.5, 0.6) is 0 Å². The van der Waals surface area contributed by atoms with Gasteiger partial charge < -0.3 is 10.7 Å². The third-order valence-electron chi connectivity index (χ3n) is 4.09. The first kappa shape index (κ1) is 18.2. The molecule has 1 aromatic carbocycles. The highest BCUT2D eigenvalue weighted by Crippen LogP contribution is 2.36. The number of benzene rings is 1. The van der Waals surface area contributed by atoms with Crippen molar-refractivity contribution >= 4 is 28.7 Å². The lowest BCUT2D eigenvalue weighted by Gasteiger charge is -2.17. The smallest absolute Gasteiger partial charge is 0.361 e. The Labute approximate surface area is 161 Å². The van der Waals surface area contributed by atoms with Crippen molar-refractivity contribution in [3.8, 4) is 11.4 Å². The van der Waals surface area contributed by atoms with Gasteiger partial charge in [-0.3, -0.25) is 0 Å². The average Bonchev–Trinajstić information content (AvgIpc) is 2.93. The number of fused-ring (bicyclic) bond motifs is 1. The summed E-state index contributed by atoms with van der Waals surface area (Å²) < 4.78 is 41.1. The maximum atomic E-state index is 13.2. The molecule has 0 unspecified atom stereocenters. The van der Waals surface area contributed by atoms with Crippen LogP contribution in [-0.4, -0.2) is 39.4 Å². The molecule has 4 rings (SSSR count). The van der Waals surface area contributed by atoms with Crippen LogP contribution < -0.4 is 10.7 Å². The molecule has 2 aromatic rings. The molecule has 0 spiro atoms. The van der Waals surface area contributed by atoms with Crippen LogP contribution in [0.1, 0.15) is 11.1 Å². The zero-order valence-corrected chi connectivity index (χ0v) is 16.0. The first-order valence-corrected chi connectivity index (χ1v) is 10.0. The molecule has 0 saturated heterocycles. The van der Waals surface area contributed by atoms with E-state index in [0.29, 0.717) is 35.2 Å². The second-order valence-electron chi connectivity index (χ2n) is 6.05. The lowest BCUT2D eigenvalue weighted by Crippen LogP contribution is -2.30. The lowest BCUT2D eigenvalue weighted by molar-refractivity contribution is -0.137. The number of nitrogens with one attached hydrogen (secondary N) is 2. The molecule has 3 heterocycles. The molecule has 0 aliphatic carbocycles. The van der Waals surface area contributed by atoms with Gasteiger partial charge in [0.15, 0.2) is 11.0 Å². The average molecular weight is 412 g/mol. The van der Waals surface area contributed by atoms with E-state index in [1.807, 2.05) is 6.26 Å². The maximum Gasteiger partial charge on any atom is 0.416 e. The van der Waals surface area contributed by atoms with Crippen LogP contribution in [0.2, 0.25) is 0 Å². The number of thioether (sulfide) groups is 2. The third-order valence-corrected chi connectivity index (χ3v) is 5.73. The van der Waals surface area contributed by atoms with E-state index < -0.39 is 11.7 Å². The predicted octanol–water partition coefficient (Wildman–Crippen LogP) is 3.46. The van der Waals surface area contributed by atoms with Crippen LogP contribution in [0, 0.1) is 6.92 Å². The second kappa shape index (κ2) is 6.79. The SMILES string of the molecule is CSC1=NC2=C(CN1)CNn1c(nnc1-c1cc(C)cc(C(F)(F)F)c1)S2. The zero-order chi connectivity index (χ0) is 19.2.